The Morgan fingerprint density at radius 1 is 1.20 bits per heavy atom. The van der Waals surface area contributed by atoms with E-state index in [0.717, 1.165) is 26.1 Å². The smallest absolute Gasteiger partial charge is 0.317 e. The number of nitrogens with one attached hydrogen (secondary N) is 1. The molecule has 0 radical (unpaired) electrons. The van der Waals surface area contributed by atoms with Crippen LogP contribution in [0.2, 0.25) is 0 Å². The monoisotopic (exact) mass is 343 g/mol. The van der Waals surface area contributed by atoms with E-state index in [1.165, 1.54) is 5.69 Å². The van der Waals surface area contributed by atoms with Crippen molar-refractivity contribution in [2.75, 3.05) is 31.1 Å². The number of amides is 2. The number of hydrogen-bond donors (Lipinski definition) is 1. The predicted molar refractivity (Wildman–Crippen MR) is 95.5 cm³/mol. The van der Waals surface area contributed by atoms with Gasteiger partial charge in [-0.15, -0.1) is 0 Å². The Morgan fingerprint density at radius 3 is 2.72 bits per heavy atom. The first kappa shape index (κ1) is 17.3. The Labute approximate surface area is 148 Å². The highest BCUT2D eigenvalue weighted by molar-refractivity contribution is 5.74. The second-order valence-corrected chi connectivity index (χ2v) is 6.53. The van der Waals surface area contributed by atoms with Crippen LogP contribution in [0.3, 0.4) is 0 Å². The third-order valence-electron chi connectivity index (χ3n) is 4.28. The molecule has 0 saturated carbocycles. The first-order valence-corrected chi connectivity index (χ1v) is 8.78. The lowest BCUT2D eigenvalue weighted by molar-refractivity contribution is 0.200. The van der Waals surface area contributed by atoms with Crippen molar-refractivity contribution in [3.63, 3.8) is 0 Å². The molecule has 1 aliphatic rings. The van der Waals surface area contributed by atoms with Gasteiger partial charge in [-0.05, 0) is 18.6 Å². The van der Waals surface area contributed by atoms with Crippen molar-refractivity contribution in [3.05, 3.63) is 42.0 Å². The summed E-state index contributed by atoms with van der Waals surface area (Å²) in [5.41, 5.74) is 1.21. The Hall–Kier alpha value is -2.57. The maximum atomic E-state index is 12.4. The van der Waals surface area contributed by atoms with E-state index in [0.29, 0.717) is 18.3 Å². The van der Waals surface area contributed by atoms with Crippen molar-refractivity contribution in [1.82, 2.24) is 20.4 Å². The minimum atomic E-state index is -0.0780. The minimum Gasteiger partial charge on any atom is -0.370 e. The van der Waals surface area contributed by atoms with Crippen molar-refractivity contribution < 1.29 is 9.32 Å². The molecule has 0 aliphatic carbocycles. The molecular weight excluding hydrogens is 318 g/mol. The quantitative estimate of drug-likeness (QED) is 0.924. The number of rotatable bonds is 4. The highest BCUT2D eigenvalue weighted by Crippen LogP contribution is 2.16. The average molecular weight is 343 g/mol. The fraction of sp³-hybridized carbons (Fsp3) is 0.500. The summed E-state index contributed by atoms with van der Waals surface area (Å²) >= 11 is 0. The normalized spacial score (nSPS) is 15.3. The summed E-state index contributed by atoms with van der Waals surface area (Å²) in [5, 5.41) is 6.78. The summed E-state index contributed by atoms with van der Waals surface area (Å²) < 4.78 is 5.15. The van der Waals surface area contributed by atoms with Crippen LogP contribution in [0.4, 0.5) is 10.5 Å². The Morgan fingerprint density at radius 2 is 2.00 bits per heavy atom. The number of hydrogen-bond acceptors (Lipinski definition) is 5. The van der Waals surface area contributed by atoms with Crippen LogP contribution in [0.5, 0.6) is 0 Å². The van der Waals surface area contributed by atoms with Crippen LogP contribution in [0, 0.1) is 0 Å². The molecule has 0 unspecified atom stereocenters. The molecule has 3 rings (SSSR count). The largest absolute Gasteiger partial charge is 0.370 e. The number of nitrogens with zero attached hydrogens (tertiary/aromatic N) is 4. The molecule has 0 spiro atoms. The second-order valence-electron chi connectivity index (χ2n) is 6.53. The molecule has 2 heterocycles. The van der Waals surface area contributed by atoms with Gasteiger partial charge in [0.05, 0.1) is 6.54 Å². The van der Waals surface area contributed by atoms with Gasteiger partial charge >= 0.3 is 6.03 Å². The predicted octanol–water partition coefficient (Wildman–Crippen LogP) is 2.61. The number of carbonyl (C=O) groups is 1. The van der Waals surface area contributed by atoms with Gasteiger partial charge in [0.25, 0.3) is 0 Å². The molecular formula is C18H25N5O2. The zero-order valence-corrected chi connectivity index (χ0v) is 14.8. The van der Waals surface area contributed by atoms with Crippen molar-refractivity contribution in [1.29, 1.82) is 0 Å². The maximum Gasteiger partial charge on any atom is 0.317 e. The molecule has 1 aromatic carbocycles. The molecule has 1 aliphatic heterocycles. The van der Waals surface area contributed by atoms with Gasteiger partial charge in [0.15, 0.2) is 5.82 Å². The molecule has 2 aromatic rings. The summed E-state index contributed by atoms with van der Waals surface area (Å²) in [4.78, 5) is 20.9. The topological polar surface area (TPSA) is 74.5 Å². The van der Waals surface area contributed by atoms with Gasteiger partial charge in [-0.3, -0.25) is 0 Å². The lowest BCUT2D eigenvalue weighted by atomic mass is 10.2. The Kier molecular flexibility index (Phi) is 5.53. The van der Waals surface area contributed by atoms with Gasteiger partial charge in [-0.1, -0.05) is 37.2 Å². The zero-order chi connectivity index (χ0) is 17.6. The molecule has 1 fully saturated rings. The molecule has 2 amide bonds. The van der Waals surface area contributed by atoms with Crippen LogP contribution in [-0.2, 0) is 6.54 Å². The van der Waals surface area contributed by atoms with Crippen LogP contribution < -0.4 is 10.2 Å². The van der Waals surface area contributed by atoms with Crippen LogP contribution in [-0.4, -0.2) is 47.3 Å². The van der Waals surface area contributed by atoms with Gasteiger partial charge in [-0.2, -0.15) is 4.98 Å². The van der Waals surface area contributed by atoms with Crippen molar-refractivity contribution in [3.8, 4) is 0 Å². The minimum absolute atomic E-state index is 0.0780. The van der Waals surface area contributed by atoms with Gasteiger partial charge in [0.2, 0.25) is 5.89 Å². The van der Waals surface area contributed by atoms with E-state index in [1.54, 1.807) is 0 Å². The van der Waals surface area contributed by atoms with E-state index >= 15 is 0 Å². The molecule has 1 saturated heterocycles. The van der Waals surface area contributed by atoms with E-state index in [2.05, 4.69) is 32.5 Å². The lowest BCUT2D eigenvalue weighted by Crippen LogP contribution is -2.41. The van der Waals surface area contributed by atoms with Crippen LogP contribution in [0.15, 0.2) is 34.9 Å². The van der Waals surface area contributed by atoms with E-state index in [4.69, 9.17) is 4.52 Å². The number of benzene rings is 1. The fourth-order valence-corrected chi connectivity index (χ4v) is 2.86. The van der Waals surface area contributed by atoms with E-state index in [9.17, 15) is 4.79 Å². The first-order valence-electron chi connectivity index (χ1n) is 8.78. The van der Waals surface area contributed by atoms with Crippen molar-refractivity contribution >= 4 is 11.7 Å². The number of carbonyl (C=O) groups excluding carboxylic acids is 1. The molecule has 25 heavy (non-hydrogen) atoms. The Balaban J connectivity index is 1.50. The van der Waals surface area contributed by atoms with Crippen molar-refractivity contribution in [2.45, 2.75) is 32.7 Å². The van der Waals surface area contributed by atoms with Gasteiger partial charge in [0.1, 0.15) is 0 Å². The third-order valence-corrected chi connectivity index (χ3v) is 4.28. The maximum absolute atomic E-state index is 12.4. The van der Waals surface area contributed by atoms with Gasteiger partial charge < -0.3 is 19.6 Å². The molecule has 134 valence electrons. The summed E-state index contributed by atoms with van der Waals surface area (Å²) in [5.74, 6) is 1.29. The summed E-state index contributed by atoms with van der Waals surface area (Å²) in [6.07, 6.45) is 0.946. The zero-order valence-electron chi connectivity index (χ0n) is 14.8. The van der Waals surface area contributed by atoms with E-state index in [-0.39, 0.29) is 18.5 Å². The van der Waals surface area contributed by atoms with E-state index < -0.39 is 0 Å². The average Bonchev–Trinajstić information content (AvgIpc) is 2.97. The number of para-hydroxylation sites is 1. The highest BCUT2D eigenvalue weighted by atomic mass is 16.5. The number of aromatic nitrogens is 2. The second kappa shape index (κ2) is 8.00. The van der Waals surface area contributed by atoms with Gasteiger partial charge in [0, 0.05) is 37.8 Å². The molecule has 0 atom stereocenters. The highest BCUT2D eigenvalue weighted by Gasteiger charge is 2.19. The summed E-state index contributed by atoms with van der Waals surface area (Å²) in [7, 11) is 0. The van der Waals surface area contributed by atoms with E-state index in [1.807, 2.05) is 36.9 Å². The third kappa shape index (κ3) is 4.49. The standard InChI is InChI=1S/C18H25N5O2/c1-14(2)17-20-16(21-25-17)13-19-18(24)23-10-6-9-22(11-12-23)15-7-4-3-5-8-15/h3-5,7-8,14H,6,9-13H2,1-2H3,(H,19,24). The van der Waals surface area contributed by atoms with Crippen LogP contribution in [0.1, 0.15) is 37.9 Å². The first-order chi connectivity index (χ1) is 12.1. The summed E-state index contributed by atoms with van der Waals surface area (Å²) in [6.45, 7) is 7.50. The molecule has 7 nitrogen and oxygen atoms in total. The molecule has 0 bridgehead atoms. The molecule has 1 aromatic heterocycles. The SMILES string of the molecule is CC(C)c1nc(CNC(=O)N2CCCN(c3ccccc3)CC2)no1. The van der Waals surface area contributed by atoms with Gasteiger partial charge in [-0.25, -0.2) is 4.79 Å². The van der Waals surface area contributed by atoms with Crippen LogP contribution in [0.25, 0.3) is 0 Å². The van der Waals surface area contributed by atoms with Crippen molar-refractivity contribution in [2.24, 2.45) is 0 Å². The lowest BCUT2D eigenvalue weighted by Gasteiger charge is -2.23. The summed E-state index contributed by atoms with van der Waals surface area (Å²) in [6, 6.07) is 10.2. The number of anilines is 1. The Bertz CT molecular complexity index is 686. The number of urea groups is 1. The molecule has 7 heteroatoms. The molecule has 1 N–H and O–H groups in total. The van der Waals surface area contributed by atoms with Crippen LogP contribution >= 0.6 is 0 Å². The fourth-order valence-electron chi connectivity index (χ4n) is 2.86.